The third-order valence-corrected chi connectivity index (χ3v) is 6.29. The zero-order valence-corrected chi connectivity index (χ0v) is 14.2. The zero-order valence-electron chi connectivity index (χ0n) is 12.5. The van der Waals surface area contributed by atoms with Crippen molar-refractivity contribution in [3.63, 3.8) is 0 Å². The third-order valence-electron chi connectivity index (χ3n) is 2.68. The quantitative estimate of drug-likeness (QED) is 0.730. The first kappa shape index (κ1) is 18.4. The molecule has 0 amide bonds. The van der Waals surface area contributed by atoms with E-state index in [9.17, 15) is 18.0 Å². The predicted molar refractivity (Wildman–Crippen MR) is 78.9 cm³/mol. The molecule has 1 heterocycles. The third kappa shape index (κ3) is 3.76. The number of rotatable bonds is 7. The molecule has 0 aliphatic carbocycles. The molecule has 1 aromatic heterocycles. The van der Waals surface area contributed by atoms with Gasteiger partial charge in [0.2, 0.25) is 0 Å². The number of carbonyl (C=O) groups excluding carboxylic acids is 1. The normalized spacial score (nSPS) is 11.7. The fourth-order valence-electron chi connectivity index (χ4n) is 1.67. The van der Waals surface area contributed by atoms with Crippen molar-refractivity contribution in [2.45, 2.75) is 24.1 Å². The molecule has 8 nitrogen and oxygen atoms in total. The number of aliphatic carboxylic acids is 1. The van der Waals surface area contributed by atoms with Crippen molar-refractivity contribution in [1.29, 1.82) is 0 Å². The minimum Gasteiger partial charge on any atom is -0.494 e. The zero-order chi connectivity index (χ0) is 17.1. The van der Waals surface area contributed by atoms with Crippen molar-refractivity contribution >= 4 is 33.3 Å². The molecule has 0 aromatic carbocycles. The molecule has 124 valence electrons. The molecule has 0 spiro atoms. The number of methoxy groups -OCH3 is 2. The summed E-state index contributed by atoms with van der Waals surface area (Å²) < 4.78 is 35.4. The van der Waals surface area contributed by atoms with Gasteiger partial charge in [0, 0.05) is 12.1 Å². The maximum absolute atomic E-state index is 12.7. The van der Waals surface area contributed by atoms with Crippen LogP contribution in [0, 0.1) is 0 Å². The highest BCUT2D eigenvalue weighted by Crippen LogP contribution is 2.36. The van der Waals surface area contributed by atoms with E-state index in [2.05, 4.69) is 4.74 Å². The standard InChI is InChI=1S/C12H17NO7S2/c1-7(2)13(6-10(14)15)22(17,18)12-8(19-3)5-9(21-12)11(16)20-4/h5,7H,6H2,1-4H3,(H,14,15). The molecule has 0 fully saturated rings. The van der Waals surface area contributed by atoms with E-state index in [1.807, 2.05) is 0 Å². The van der Waals surface area contributed by atoms with Crippen LogP contribution < -0.4 is 4.74 Å². The van der Waals surface area contributed by atoms with Crippen LogP contribution in [0.3, 0.4) is 0 Å². The Hall–Kier alpha value is -1.65. The Morgan fingerprint density at radius 3 is 2.36 bits per heavy atom. The van der Waals surface area contributed by atoms with Crippen molar-refractivity contribution in [2.75, 3.05) is 20.8 Å². The summed E-state index contributed by atoms with van der Waals surface area (Å²) in [6, 6.07) is 0.678. The average molecular weight is 351 g/mol. The van der Waals surface area contributed by atoms with Crippen LogP contribution in [0.25, 0.3) is 0 Å². The van der Waals surface area contributed by atoms with Gasteiger partial charge in [0.15, 0.2) is 9.96 Å². The topological polar surface area (TPSA) is 110 Å². The van der Waals surface area contributed by atoms with Crippen LogP contribution in [0.5, 0.6) is 5.75 Å². The van der Waals surface area contributed by atoms with E-state index < -0.39 is 34.5 Å². The molecule has 0 unspecified atom stereocenters. The smallest absolute Gasteiger partial charge is 0.348 e. The molecule has 0 saturated carbocycles. The molecular weight excluding hydrogens is 334 g/mol. The molecule has 0 saturated heterocycles. The second-order valence-electron chi connectivity index (χ2n) is 4.50. The highest BCUT2D eigenvalue weighted by atomic mass is 32.2. The Bertz CT molecular complexity index is 663. The van der Waals surface area contributed by atoms with Gasteiger partial charge in [0.05, 0.1) is 14.2 Å². The lowest BCUT2D eigenvalue weighted by Gasteiger charge is -2.23. The highest BCUT2D eigenvalue weighted by Gasteiger charge is 2.34. The van der Waals surface area contributed by atoms with E-state index in [1.165, 1.54) is 20.3 Å². The lowest BCUT2D eigenvalue weighted by molar-refractivity contribution is -0.137. The molecule has 0 aliphatic heterocycles. The Morgan fingerprint density at radius 2 is 1.95 bits per heavy atom. The maximum Gasteiger partial charge on any atom is 0.348 e. The number of hydrogen-bond donors (Lipinski definition) is 1. The van der Waals surface area contributed by atoms with Gasteiger partial charge < -0.3 is 14.6 Å². The fraction of sp³-hybridized carbons (Fsp3) is 0.500. The van der Waals surface area contributed by atoms with E-state index in [1.54, 1.807) is 13.8 Å². The number of sulfonamides is 1. The molecule has 0 aliphatic rings. The molecule has 10 heteroatoms. The summed E-state index contributed by atoms with van der Waals surface area (Å²) >= 11 is 0.674. The summed E-state index contributed by atoms with van der Waals surface area (Å²) in [4.78, 5) is 22.5. The van der Waals surface area contributed by atoms with Gasteiger partial charge in [-0.3, -0.25) is 4.79 Å². The van der Waals surface area contributed by atoms with Crippen LogP contribution in [0.15, 0.2) is 10.3 Å². The van der Waals surface area contributed by atoms with E-state index in [-0.39, 0.29) is 14.8 Å². The van der Waals surface area contributed by atoms with Gasteiger partial charge in [-0.15, -0.1) is 11.3 Å². The van der Waals surface area contributed by atoms with Gasteiger partial charge in [-0.1, -0.05) is 0 Å². The number of ether oxygens (including phenoxy) is 2. The first-order valence-corrected chi connectivity index (χ1v) is 8.40. The van der Waals surface area contributed by atoms with Crippen LogP contribution in [0.2, 0.25) is 0 Å². The summed E-state index contributed by atoms with van der Waals surface area (Å²) in [6.45, 7) is 2.43. The SMILES string of the molecule is COC(=O)c1cc(OC)c(S(=O)(=O)N(CC(=O)O)C(C)C)s1. The average Bonchev–Trinajstić information content (AvgIpc) is 2.88. The first-order chi connectivity index (χ1) is 10.1. The first-order valence-electron chi connectivity index (χ1n) is 6.14. The largest absolute Gasteiger partial charge is 0.494 e. The number of esters is 1. The van der Waals surface area contributed by atoms with Gasteiger partial charge in [0.25, 0.3) is 10.0 Å². The van der Waals surface area contributed by atoms with Crippen molar-refractivity contribution in [2.24, 2.45) is 0 Å². The van der Waals surface area contributed by atoms with Gasteiger partial charge in [-0.25, -0.2) is 13.2 Å². The number of thiophene rings is 1. The Balaban J connectivity index is 3.39. The van der Waals surface area contributed by atoms with Crippen LogP contribution in [0.1, 0.15) is 23.5 Å². The summed E-state index contributed by atoms with van der Waals surface area (Å²) in [5.41, 5.74) is 0. The van der Waals surface area contributed by atoms with Crippen molar-refractivity contribution in [1.82, 2.24) is 4.31 Å². The van der Waals surface area contributed by atoms with E-state index in [0.717, 1.165) is 4.31 Å². The van der Waals surface area contributed by atoms with Crippen LogP contribution in [-0.2, 0) is 19.6 Å². The lowest BCUT2D eigenvalue weighted by atomic mass is 10.4. The second-order valence-corrected chi connectivity index (χ2v) is 7.63. The van der Waals surface area contributed by atoms with Crippen LogP contribution in [0.4, 0.5) is 0 Å². The summed E-state index contributed by atoms with van der Waals surface area (Å²) in [6.07, 6.45) is 0. The van der Waals surface area contributed by atoms with E-state index >= 15 is 0 Å². The number of carboxylic acids is 1. The molecule has 0 radical (unpaired) electrons. The predicted octanol–water partition coefficient (Wildman–Crippen LogP) is 1.03. The molecule has 1 N–H and O–H groups in total. The monoisotopic (exact) mass is 351 g/mol. The Morgan fingerprint density at radius 1 is 1.36 bits per heavy atom. The second kappa shape index (κ2) is 7.07. The van der Waals surface area contributed by atoms with Gasteiger partial charge in [-0.05, 0) is 13.8 Å². The van der Waals surface area contributed by atoms with E-state index in [4.69, 9.17) is 9.84 Å². The number of nitrogens with zero attached hydrogens (tertiary/aromatic N) is 1. The number of carboxylic acid groups (broad SMARTS) is 1. The minimum atomic E-state index is -4.12. The molecular formula is C12H17NO7S2. The van der Waals surface area contributed by atoms with Crippen LogP contribution >= 0.6 is 11.3 Å². The molecule has 1 aromatic rings. The number of carbonyl (C=O) groups is 2. The number of hydrogen-bond acceptors (Lipinski definition) is 7. The molecule has 0 bridgehead atoms. The summed E-state index contributed by atoms with van der Waals surface area (Å²) in [7, 11) is -1.68. The van der Waals surface area contributed by atoms with E-state index in [0.29, 0.717) is 11.3 Å². The van der Waals surface area contributed by atoms with Crippen molar-refractivity contribution in [3.05, 3.63) is 10.9 Å². The summed E-state index contributed by atoms with van der Waals surface area (Å²) in [5.74, 6) is -2.00. The Kier molecular flexibility index (Phi) is 5.92. The minimum absolute atomic E-state index is 0.0264. The lowest BCUT2D eigenvalue weighted by Crippen LogP contribution is -2.40. The van der Waals surface area contributed by atoms with Crippen LogP contribution in [-0.4, -0.2) is 56.6 Å². The highest BCUT2D eigenvalue weighted by molar-refractivity contribution is 7.91. The summed E-state index contributed by atoms with van der Waals surface area (Å²) in [5, 5.41) is 8.89. The van der Waals surface area contributed by atoms with Gasteiger partial charge in [-0.2, -0.15) is 4.31 Å². The Labute approximate surface area is 132 Å². The fourth-order valence-corrected chi connectivity index (χ4v) is 4.86. The van der Waals surface area contributed by atoms with Crippen molar-refractivity contribution in [3.8, 4) is 5.75 Å². The van der Waals surface area contributed by atoms with Gasteiger partial charge in [0.1, 0.15) is 11.4 Å². The molecule has 22 heavy (non-hydrogen) atoms. The molecule has 1 rings (SSSR count). The van der Waals surface area contributed by atoms with Crippen molar-refractivity contribution < 1.29 is 32.6 Å². The maximum atomic E-state index is 12.7. The molecule has 0 atom stereocenters. The van der Waals surface area contributed by atoms with Gasteiger partial charge >= 0.3 is 11.9 Å².